The van der Waals surface area contributed by atoms with Crippen molar-refractivity contribution < 1.29 is 23.8 Å². The van der Waals surface area contributed by atoms with Gasteiger partial charge in [0.15, 0.2) is 11.5 Å². The summed E-state index contributed by atoms with van der Waals surface area (Å²) in [6.07, 6.45) is 1.50. The maximum absolute atomic E-state index is 14.1. The van der Waals surface area contributed by atoms with Crippen LogP contribution in [0.25, 0.3) is 6.08 Å². The SMILES string of the molecule is CCOc1cc(/C=C2\SC(=O)N(Cc3c(F)cccc3Cl)C2=O)c(Br)c(Br)c1O. The number of carbonyl (C=O) groups is 2. The van der Waals surface area contributed by atoms with Gasteiger partial charge in [0.2, 0.25) is 0 Å². The molecule has 0 bridgehead atoms. The predicted molar refractivity (Wildman–Crippen MR) is 118 cm³/mol. The van der Waals surface area contributed by atoms with Gasteiger partial charge in [-0.15, -0.1) is 0 Å². The van der Waals surface area contributed by atoms with E-state index in [4.69, 9.17) is 16.3 Å². The fourth-order valence-corrected chi connectivity index (χ4v) is 4.49. The predicted octanol–water partition coefficient (Wildman–Crippen LogP) is 6.34. The highest BCUT2D eigenvalue weighted by atomic mass is 79.9. The Kier molecular flexibility index (Phi) is 6.93. The molecule has 152 valence electrons. The summed E-state index contributed by atoms with van der Waals surface area (Å²) in [6.45, 7) is 1.84. The van der Waals surface area contributed by atoms with Crippen molar-refractivity contribution in [3.8, 4) is 11.5 Å². The molecule has 29 heavy (non-hydrogen) atoms. The van der Waals surface area contributed by atoms with Crippen molar-refractivity contribution in [3.63, 3.8) is 0 Å². The maximum atomic E-state index is 14.1. The largest absolute Gasteiger partial charge is 0.503 e. The van der Waals surface area contributed by atoms with E-state index in [0.29, 0.717) is 21.1 Å². The van der Waals surface area contributed by atoms with Crippen molar-refractivity contribution in [2.45, 2.75) is 13.5 Å². The Labute approximate surface area is 192 Å². The van der Waals surface area contributed by atoms with Crippen molar-refractivity contribution in [2.24, 2.45) is 0 Å². The molecule has 2 aromatic rings. The van der Waals surface area contributed by atoms with Gasteiger partial charge in [-0.2, -0.15) is 0 Å². The highest BCUT2D eigenvalue weighted by Crippen LogP contribution is 2.44. The van der Waals surface area contributed by atoms with Crippen LogP contribution in [0.2, 0.25) is 5.02 Å². The van der Waals surface area contributed by atoms with E-state index in [-0.39, 0.29) is 33.5 Å². The monoisotopic (exact) mass is 563 g/mol. The summed E-state index contributed by atoms with van der Waals surface area (Å²) in [5.41, 5.74) is 0.595. The van der Waals surface area contributed by atoms with E-state index in [1.165, 1.54) is 24.3 Å². The van der Waals surface area contributed by atoms with Gasteiger partial charge in [-0.05, 0) is 80.4 Å². The number of phenolic OH excluding ortho intramolecular Hbond substituents is 1. The molecule has 0 spiro atoms. The number of benzene rings is 2. The normalized spacial score (nSPS) is 15.5. The van der Waals surface area contributed by atoms with E-state index in [0.717, 1.165) is 16.7 Å². The first kappa shape index (κ1) is 22.1. The first-order valence-electron chi connectivity index (χ1n) is 8.26. The minimum atomic E-state index is -0.591. The van der Waals surface area contributed by atoms with E-state index in [2.05, 4.69) is 31.9 Å². The third kappa shape index (κ3) is 4.47. The highest BCUT2D eigenvalue weighted by Gasteiger charge is 2.36. The van der Waals surface area contributed by atoms with Crippen molar-refractivity contribution in [2.75, 3.05) is 6.61 Å². The third-order valence-corrected chi connectivity index (χ3v) is 7.43. The van der Waals surface area contributed by atoms with Gasteiger partial charge in [0.25, 0.3) is 11.1 Å². The number of imide groups is 1. The Morgan fingerprint density at radius 2 is 2.03 bits per heavy atom. The second kappa shape index (κ2) is 9.07. The molecule has 2 amide bonds. The first-order valence-corrected chi connectivity index (χ1v) is 11.0. The van der Waals surface area contributed by atoms with Crippen LogP contribution in [0.5, 0.6) is 11.5 Å². The van der Waals surface area contributed by atoms with Gasteiger partial charge in [-0.3, -0.25) is 14.5 Å². The minimum Gasteiger partial charge on any atom is -0.503 e. The van der Waals surface area contributed by atoms with Gasteiger partial charge < -0.3 is 9.84 Å². The van der Waals surface area contributed by atoms with Crippen molar-refractivity contribution in [1.82, 2.24) is 4.90 Å². The van der Waals surface area contributed by atoms with Gasteiger partial charge in [0.05, 0.1) is 22.5 Å². The third-order valence-electron chi connectivity index (χ3n) is 4.01. The lowest BCUT2D eigenvalue weighted by molar-refractivity contribution is -0.123. The minimum absolute atomic E-state index is 0.0740. The molecule has 0 radical (unpaired) electrons. The maximum Gasteiger partial charge on any atom is 0.293 e. The Morgan fingerprint density at radius 1 is 1.31 bits per heavy atom. The molecule has 10 heteroatoms. The van der Waals surface area contributed by atoms with Crippen LogP contribution in [-0.4, -0.2) is 27.8 Å². The summed E-state index contributed by atoms with van der Waals surface area (Å²) < 4.78 is 20.3. The number of nitrogens with zero attached hydrogens (tertiary/aromatic N) is 1. The standard InChI is InChI=1S/C19H13Br2ClFNO4S/c1-2-28-13-6-9(15(20)16(21)17(13)25)7-14-18(26)24(19(27)29-14)8-10-11(22)4-3-5-12(10)23/h3-7,25H,2,8H2,1H3/b14-7-. The summed E-state index contributed by atoms with van der Waals surface area (Å²) in [5, 5.41) is 9.75. The van der Waals surface area contributed by atoms with Crippen LogP contribution in [0.15, 0.2) is 38.1 Å². The Bertz CT molecular complexity index is 1030. The van der Waals surface area contributed by atoms with E-state index >= 15 is 0 Å². The van der Waals surface area contributed by atoms with E-state index in [1.807, 2.05) is 0 Å². The second-order valence-corrected chi connectivity index (χ2v) is 8.83. The average Bonchev–Trinajstić information content (AvgIpc) is 2.94. The Hall–Kier alpha value is -1.55. The number of carbonyl (C=O) groups excluding carboxylic acids is 2. The van der Waals surface area contributed by atoms with Gasteiger partial charge in [0.1, 0.15) is 5.82 Å². The number of rotatable bonds is 5. The quantitative estimate of drug-likeness (QED) is 0.429. The molecular weight excluding hydrogens is 553 g/mol. The molecule has 1 heterocycles. The summed E-state index contributed by atoms with van der Waals surface area (Å²) in [4.78, 5) is 26.2. The lowest BCUT2D eigenvalue weighted by atomic mass is 10.1. The highest BCUT2D eigenvalue weighted by molar-refractivity contribution is 9.13. The summed E-state index contributed by atoms with van der Waals surface area (Å²) in [7, 11) is 0. The van der Waals surface area contributed by atoms with Crippen molar-refractivity contribution in [1.29, 1.82) is 0 Å². The van der Waals surface area contributed by atoms with Gasteiger partial charge >= 0.3 is 0 Å². The van der Waals surface area contributed by atoms with Crippen LogP contribution in [0, 0.1) is 5.82 Å². The number of hydrogen-bond acceptors (Lipinski definition) is 5. The number of hydrogen-bond donors (Lipinski definition) is 1. The van der Waals surface area contributed by atoms with Gasteiger partial charge in [-0.1, -0.05) is 17.7 Å². The van der Waals surface area contributed by atoms with Crippen LogP contribution in [0.3, 0.4) is 0 Å². The Balaban J connectivity index is 1.95. The first-order chi connectivity index (χ1) is 13.7. The molecule has 2 aromatic carbocycles. The molecule has 0 atom stereocenters. The molecule has 3 rings (SSSR count). The number of thioether (sulfide) groups is 1. The summed E-state index contributed by atoms with van der Waals surface area (Å²) >= 11 is 13.4. The average molecular weight is 566 g/mol. The second-order valence-electron chi connectivity index (χ2n) is 5.84. The number of aromatic hydroxyl groups is 1. The number of phenols is 1. The number of amides is 2. The number of halogens is 4. The number of ether oxygens (including phenoxy) is 1. The zero-order valence-electron chi connectivity index (χ0n) is 14.8. The molecule has 0 unspecified atom stereocenters. The lowest BCUT2D eigenvalue weighted by Gasteiger charge is -2.14. The van der Waals surface area contributed by atoms with Crippen molar-refractivity contribution in [3.05, 3.63) is 60.1 Å². The van der Waals surface area contributed by atoms with Gasteiger partial charge in [-0.25, -0.2) is 4.39 Å². The molecule has 1 aliphatic heterocycles. The topological polar surface area (TPSA) is 66.8 Å². The Morgan fingerprint density at radius 3 is 2.69 bits per heavy atom. The molecule has 1 saturated heterocycles. The molecule has 1 aliphatic rings. The van der Waals surface area contributed by atoms with E-state index < -0.39 is 17.0 Å². The van der Waals surface area contributed by atoms with Crippen molar-refractivity contribution >= 4 is 72.4 Å². The fraction of sp³-hybridized carbons (Fsp3) is 0.158. The van der Waals surface area contributed by atoms with Gasteiger partial charge in [0, 0.05) is 15.1 Å². The zero-order chi connectivity index (χ0) is 21.3. The zero-order valence-corrected chi connectivity index (χ0v) is 19.6. The van der Waals surface area contributed by atoms with Crippen LogP contribution >= 0.6 is 55.2 Å². The molecular formula is C19H13Br2ClFNO4S. The molecule has 5 nitrogen and oxygen atoms in total. The fourth-order valence-electron chi connectivity index (χ4n) is 2.60. The summed E-state index contributed by atoms with van der Waals surface area (Å²) in [6, 6.07) is 5.71. The molecule has 1 N–H and O–H groups in total. The molecule has 1 fully saturated rings. The van der Waals surface area contributed by atoms with Crippen LogP contribution < -0.4 is 4.74 Å². The molecule has 0 aromatic heterocycles. The molecule has 0 aliphatic carbocycles. The molecule has 0 saturated carbocycles. The van der Waals surface area contributed by atoms with Crippen LogP contribution in [0.1, 0.15) is 18.1 Å². The van der Waals surface area contributed by atoms with Crippen LogP contribution in [-0.2, 0) is 11.3 Å². The summed E-state index contributed by atoms with van der Waals surface area (Å²) in [5.74, 6) is -1.01. The van der Waals surface area contributed by atoms with E-state index in [9.17, 15) is 19.1 Å². The van der Waals surface area contributed by atoms with E-state index in [1.54, 1.807) is 13.0 Å². The smallest absolute Gasteiger partial charge is 0.293 e. The lowest BCUT2D eigenvalue weighted by Crippen LogP contribution is -2.28. The van der Waals surface area contributed by atoms with Crippen LogP contribution in [0.4, 0.5) is 9.18 Å².